The van der Waals surface area contributed by atoms with Crippen LogP contribution in [-0.4, -0.2) is 5.96 Å². The largest absolute Gasteiger partial charge is 0.370 e. The van der Waals surface area contributed by atoms with Gasteiger partial charge >= 0.3 is 0 Å². The average molecular weight is 460 g/mol. The summed E-state index contributed by atoms with van der Waals surface area (Å²) >= 11 is 3.44. The van der Waals surface area contributed by atoms with Crippen LogP contribution in [0.25, 0.3) is 0 Å². The third-order valence-corrected chi connectivity index (χ3v) is 3.31. The van der Waals surface area contributed by atoms with Gasteiger partial charge in [-0.25, -0.2) is 4.99 Å². The van der Waals surface area contributed by atoms with Gasteiger partial charge in [-0.1, -0.05) is 34.1 Å². The Balaban J connectivity index is 0.00000220. The number of aliphatic imine (C=N–C) groups is 1. The Bertz CT molecular complexity index is 621. The number of nitrogens with two attached hydrogens (primary N) is 1. The zero-order valence-corrected chi connectivity index (χ0v) is 16.0. The van der Waals surface area contributed by atoms with Gasteiger partial charge in [0.15, 0.2) is 5.96 Å². The molecule has 0 spiro atoms. The minimum Gasteiger partial charge on any atom is -0.370 e. The summed E-state index contributed by atoms with van der Waals surface area (Å²) in [5, 5.41) is 3.12. The molecule has 21 heavy (non-hydrogen) atoms. The van der Waals surface area contributed by atoms with E-state index in [4.69, 9.17) is 5.73 Å². The van der Waals surface area contributed by atoms with Crippen molar-refractivity contribution in [1.82, 2.24) is 0 Å². The number of nitrogens with zero attached hydrogens (tertiary/aromatic N) is 1. The van der Waals surface area contributed by atoms with E-state index in [0.29, 0.717) is 12.5 Å². The number of aryl methyl sites for hydroxylation is 2. The molecule has 0 fully saturated rings. The molecule has 2 rings (SSSR count). The second-order valence-corrected chi connectivity index (χ2v) is 5.75. The van der Waals surface area contributed by atoms with E-state index in [1.807, 2.05) is 24.3 Å². The molecule has 112 valence electrons. The van der Waals surface area contributed by atoms with Gasteiger partial charge in [-0.3, -0.25) is 0 Å². The lowest BCUT2D eigenvalue weighted by atomic mass is 10.1. The Morgan fingerprint density at radius 3 is 2.43 bits per heavy atom. The van der Waals surface area contributed by atoms with Crippen molar-refractivity contribution >= 4 is 51.6 Å². The quantitative estimate of drug-likeness (QED) is 0.400. The maximum absolute atomic E-state index is 5.92. The van der Waals surface area contributed by atoms with Crippen LogP contribution in [0.2, 0.25) is 0 Å². The highest BCUT2D eigenvalue weighted by Crippen LogP contribution is 2.14. The molecule has 3 N–H and O–H groups in total. The molecule has 0 amide bonds. The standard InChI is InChI=1S/C16H18BrN3.HI/c1-11-6-12(2)8-15(7-11)20-16(18)19-10-13-4-3-5-14(17)9-13;/h3-9H,10H2,1-2H3,(H3,18,19,20);1H. The first-order valence-electron chi connectivity index (χ1n) is 6.42. The topological polar surface area (TPSA) is 50.4 Å². The van der Waals surface area contributed by atoms with Crippen LogP contribution >= 0.6 is 39.9 Å². The molecule has 0 heterocycles. The Morgan fingerprint density at radius 2 is 1.81 bits per heavy atom. The summed E-state index contributed by atoms with van der Waals surface area (Å²) in [6.07, 6.45) is 0. The summed E-state index contributed by atoms with van der Waals surface area (Å²) in [5.74, 6) is 0.426. The number of hydrogen-bond donors (Lipinski definition) is 2. The highest BCUT2D eigenvalue weighted by Gasteiger charge is 1.98. The highest BCUT2D eigenvalue weighted by molar-refractivity contribution is 14.0. The number of rotatable bonds is 3. The first-order chi connectivity index (χ1) is 9.52. The third kappa shape index (κ3) is 6.05. The number of anilines is 1. The molecule has 0 radical (unpaired) electrons. The third-order valence-electron chi connectivity index (χ3n) is 2.82. The minimum absolute atomic E-state index is 0. The minimum atomic E-state index is 0. The van der Waals surface area contributed by atoms with Crippen LogP contribution in [0.5, 0.6) is 0 Å². The van der Waals surface area contributed by atoms with Crippen LogP contribution in [0.3, 0.4) is 0 Å². The van der Waals surface area contributed by atoms with Crippen molar-refractivity contribution in [1.29, 1.82) is 0 Å². The predicted molar refractivity (Wildman–Crippen MR) is 104 cm³/mol. The van der Waals surface area contributed by atoms with Crippen molar-refractivity contribution in [2.45, 2.75) is 20.4 Å². The molecule has 3 nitrogen and oxygen atoms in total. The molecular weight excluding hydrogens is 441 g/mol. The lowest BCUT2D eigenvalue weighted by Gasteiger charge is -2.08. The molecule has 5 heteroatoms. The molecule has 0 aliphatic carbocycles. The number of guanidine groups is 1. The molecule has 0 atom stereocenters. The Kier molecular flexibility index (Phi) is 7.17. The summed E-state index contributed by atoms with van der Waals surface area (Å²) in [7, 11) is 0. The SMILES string of the molecule is Cc1cc(C)cc(NC(N)=NCc2cccc(Br)c2)c1.I. The average Bonchev–Trinajstić information content (AvgIpc) is 2.35. The van der Waals surface area contributed by atoms with E-state index >= 15 is 0 Å². The Morgan fingerprint density at radius 1 is 1.14 bits per heavy atom. The lowest BCUT2D eigenvalue weighted by molar-refractivity contribution is 1.06. The fourth-order valence-corrected chi connectivity index (χ4v) is 2.49. The van der Waals surface area contributed by atoms with Gasteiger partial charge in [0.1, 0.15) is 0 Å². The number of halogens is 2. The van der Waals surface area contributed by atoms with Gasteiger partial charge < -0.3 is 11.1 Å². The van der Waals surface area contributed by atoms with E-state index in [-0.39, 0.29) is 24.0 Å². The van der Waals surface area contributed by atoms with E-state index < -0.39 is 0 Å². The van der Waals surface area contributed by atoms with Gasteiger partial charge in [0.05, 0.1) is 6.54 Å². The number of hydrogen-bond acceptors (Lipinski definition) is 1. The van der Waals surface area contributed by atoms with Crippen LogP contribution in [0, 0.1) is 13.8 Å². The molecule has 0 unspecified atom stereocenters. The number of benzene rings is 2. The molecule has 0 aliphatic rings. The van der Waals surface area contributed by atoms with Crippen LogP contribution in [0.4, 0.5) is 5.69 Å². The molecule has 0 saturated heterocycles. The van der Waals surface area contributed by atoms with Crippen LogP contribution < -0.4 is 11.1 Å². The van der Waals surface area contributed by atoms with Gasteiger partial charge in [0.2, 0.25) is 0 Å². The van der Waals surface area contributed by atoms with Crippen molar-refractivity contribution in [3.63, 3.8) is 0 Å². The van der Waals surface area contributed by atoms with Crippen LogP contribution in [0.1, 0.15) is 16.7 Å². The first-order valence-corrected chi connectivity index (χ1v) is 7.22. The smallest absolute Gasteiger partial charge is 0.193 e. The number of nitrogens with one attached hydrogen (secondary N) is 1. The first kappa shape index (κ1) is 18.0. The second kappa shape index (κ2) is 8.38. The fraction of sp³-hybridized carbons (Fsp3) is 0.188. The van der Waals surface area contributed by atoms with E-state index in [1.165, 1.54) is 11.1 Å². The zero-order chi connectivity index (χ0) is 14.5. The molecule has 2 aromatic carbocycles. The fourth-order valence-electron chi connectivity index (χ4n) is 2.05. The predicted octanol–water partition coefficient (Wildman–Crippen LogP) is 4.61. The summed E-state index contributed by atoms with van der Waals surface area (Å²) in [6, 6.07) is 14.3. The molecule has 0 bridgehead atoms. The summed E-state index contributed by atoms with van der Waals surface area (Å²) in [5.41, 5.74) is 10.4. The lowest BCUT2D eigenvalue weighted by Crippen LogP contribution is -2.22. The maximum Gasteiger partial charge on any atom is 0.193 e. The van der Waals surface area contributed by atoms with Gasteiger partial charge in [-0.05, 0) is 54.8 Å². The van der Waals surface area contributed by atoms with E-state index in [9.17, 15) is 0 Å². The van der Waals surface area contributed by atoms with E-state index in [2.05, 4.69) is 58.3 Å². The van der Waals surface area contributed by atoms with Crippen LogP contribution in [0.15, 0.2) is 51.9 Å². The molecule has 0 aliphatic heterocycles. The summed E-state index contributed by atoms with van der Waals surface area (Å²) in [4.78, 5) is 4.35. The molecule has 0 aromatic heterocycles. The normalized spacial score (nSPS) is 10.9. The van der Waals surface area contributed by atoms with Crippen molar-refractivity contribution in [3.8, 4) is 0 Å². The van der Waals surface area contributed by atoms with Crippen molar-refractivity contribution in [2.75, 3.05) is 5.32 Å². The van der Waals surface area contributed by atoms with Gasteiger partial charge in [0, 0.05) is 10.2 Å². The van der Waals surface area contributed by atoms with Crippen molar-refractivity contribution in [3.05, 3.63) is 63.6 Å². The van der Waals surface area contributed by atoms with E-state index in [0.717, 1.165) is 15.7 Å². The van der Waals surface area contributed by atoms with Crippen molar-refractivity contribution < 1.29 is 0 Å². The Hall–Kier alpha value is -1.08. The van der Waals surface area contributed by atoms with E-state index in [1.54, 1.807) is 0 Å². The Labute approximate surface area is 151 Å². The highest BCUT2D eigenvalue weighted by atomic mass is 127. The zero-order valence-electron chi connectivity index (χ0n) is 12.1. The van der Waals surface area contributed by atoms with Gasteiger partial charge in [-0.2, -0.15) is 0 Å². The van der Waals surface area contributed by atoms with Crippen molar-refractivity contribution in [2.24, 2.45) is 10.7 Å². The molecule has 2 aromatic rings. The summed E-state index contributed by atoms with van der Waals surface area (Å²) in [6.45, 7) is 4.68. The summed E-state index contributed by atoms with van der Waals surface area (Å²) < 4.78 is 1.05. The molecular formula is C16H19BrIN3. The molecule has 0 saturated carbocycles. The maximum atomic E-state index is 5.92. The van der Waals surface area contributed by atoms with Gasteiger partial charge in [-0.15, -0.1) is 24.0 Å². The second-order valence-electron chi connectivity index (χ2n) is 4.83. The van der Waals surface area contributed by atoms with Crippen LogP contribution in [-0.2, 0) is 6.54 Å². The monoisotopic (exact) mass is 459 g/mol. The van der Waals surface area contributed by atoms with Gasteiger partial charge in [0.25, 0.3) is 0 Å².